The van der Waals surface area contributed by atoms with Crippen LogP contribution in [0.3, 0.4) is 0 Å². The lowest BCUT2D eigenvalue weighted by atomic mass is 10.0. The minimum Gasteiger partial charge on any atom is -0.497 e. The number of methoxy groups -OCH3 is 2. The molecule has 1 N–H and O–H groups in total. The topological polar surface area (TPSA) is 76.1 Å². The number of ether oxygens (including phenoxy) is 2. The van der Waals surface area contributed by atoms with Crippen LogP contribution in [0, 0.1) is 13.8 Å². The standard InChI is InChI=1S/C35H43N7O3/c1-24-8-7-9-25(2)32(24)41-23-27-21-36-34(37-28-12-10-26(11-13-28)22-40-18-16-38(3)17-19-40)39(4)33(27)42(35(41)43)30-15-14-29(44-5)20-31(30)45-6/h7-15,20-21,33H,16-19,22-23H2,1-6H3,(H,36,37). The van der Waals surface area contributed by atoms with E-state index in [0.29, 0.717) is 29.7 Å². The number of aryl methyl sites for hydroxylation is 2. The van der Waals surface area contributed by atoms with E-state index in [0.717, 1.165) is 60.8 Å². The number of carbonyl (C=O) groups is 1. The van der Waals surface area contributed by atoms with E-state index in [1.54, 1.807) is 19.1 Å². The summed E-state index contributed by atoms with van der Waals surface area (Å²) in [7, 11) is 7.37. The van der Waals surface area contributed by atoms with Gasteiger partial charge in [0.15, 0.2) is 0 Å². The fourth-order valence-corrected chi connectivity index (χ4v) is 6.44. The second kappa shape index (κ2) is 12.8. The molecule has 6 rings (SSSR count). The van der Waals surface area contributed by atoms with Crippen LogP contribution in [0.15, 0.2) is 77.4 Å². The molecule has 10 nitrogen and oxygen atoms in total. The molecule has 3 aliphatic rings. The van der Waals surface area contributed by atoms with Crippen LogP contribution in [0.4, 0.5) is 21.9 Å². The lowest BCUT2D eigenvalue weighted by molar-refractivity contribution is 0.148. The average Bonchev–Trinajstić information content (AvgIpc) is 3.04. The van der Waals surface area contributed by atoms with Crippen molar-refractivity contribution in [1.29, 1.82) is 0 Å². The van der Waals surface area contributed by atoms with Gasteiger partial charge in [-0.05, 0) is 61.9 Å². The Bertz CT molecular complexity index is 1590. The van der Waals surface area contributed by atoms with Crippen LogP contribution in [-0.2, 0) is 6.54 Å². The number of benzene rings is 3. The van der Waals surface area contributed by atoms with Gasteiger partial charge in [0.1, 0.15) is 17.7 Å². The summed E-state index contributed by atoms with van der Waals surface area (Å²) in [4.78, 5) is 30.0. The number of guanidine groups is 1. The van der Waals surface area contributed by atoms with Gasteiger partial charge >= 0.3 is 6.03 Å². The van der Waals surface area contributed by atoms with Crippen LogP contribution in [0.1, 0.15) is 16.7 Å². The highest BCUT2D eigenvalue weighted by Crippen LogP contribution is 2.41. The largest absolute Gasteiger partial charge is 0.497 e. The Labute approximate surface area is 266 Å². The third-order valence-corrected chi connectivity index (χ3v) is 8.98. The van der Waals surface area contributed by atoms with Gasteiger partial charge in [0.2, 0.25) is 5.96 Å². The van der Waals surface area contributed by atoms with Crippen molar-refractivity contribution >= 4 is 29.1 Å². The van der Waals surface area contributed by atoms with Crippen molar-refractivity contribution in [1.82, 2.24) is 14.7 Å². The minimum absolute atomic E-state index is 0.139. The Morgan fingerprint density at radius 3 is 2.29 bits per heavy atom. The highest BCUT2D eigenvalue weighted by atomic mass is 16.5. The summed E-state index contributed by atoms with van der Waals surface area (Å²) in [6.07, 6.45) is 1.47. The zero-order valence-electron chi connectivity index (χ0n) is 27.1. The summed E-state index contributed by atoms with van der Waals surface area (Å²) >= 11 is 0. The van der Waals surface area contributed by atoms with Gasteiger partial charge in [-0.2, -0.15) is 0 Å². The quantitative estimate of drug-likeness (QED) is 0.398. The fourth-order valence-electron chi connectivity index (χ4n) is 6.44. The zero-order valence-corrected chi connectivity index (χ0v) is 27.1. The highest BCUT2D eigenvalue weighted by Gasteiger charge is 2.44. The number of likely N-dealkylation sites (N-methyl/N-ethyl adjacent to an activating group) is 2. The summed E-state index contributed by atoms with van der Waals surface area (Å²) < 4.78 is 11.3. The smallest absolute Gasteiger partial charge is 0.331 e. The van der Waals surface area contributed by atoms with Crippen LogP contribution >= 0.6 is 0 Å². The van der Waals surface area contributed by atoms with E-state index in [4.69, 9.17) is 14.5 Å². The molecule has 0 aromatic heterocycles. The van der Waals surface area contributed by atoms with Crippen molar-refractivity contribution < 1.29 is 14.3 Å². The van der Waals surface area contributed by atoms with Crippen LogP contribution in [0.2, 0.25) is 0 Å². The van der Waals surface area contributed by atoms with Crippen molar-refractivity contribution in [2.45, 2.75) is 26.6 Å². The molecule has 3 aromatic carbocycles. The first-order valence-electron chi connectivity index (χ1n) is 15.4. The molecule has 10 heteroatoms. The number of fused-ring (bicyclic) bond motifs is 1. The predicted molar refractivity (Wildman–Crippen MR) is 181 cm³/mol. The van der Waals surface area contributed by atoms with Crippen LogP contribution in [-0.4, -0.2) is 93.9 Å². The Kier molecular flexibility index (Phi) is 8.69. The van der Waals surface area contributed by atoms with Gasteiger partial charge in [-0.15, -0.1) is 0 Å². The first-order chi connectivity index (χ1) is 21.8. The molecule has 2 fully saturated rings. The molecule has 45 heavy (non-hydrogen) atoms. The number of hydrogen-bond donors (Lipinski definition) is 1. The van der Waals surface area contributed by atoms with Crippen LogP contribution in [0.25, 0.3) is 0 Å². The molecule has 3 aliphatic heterocycles. The molecule has 3 heterocycles. The Morgan fingerprint density at radius 1 is 0.911 bits per heavy atom. The summed E-state index contributed by atoms with van der Waals surface area (Å²) in [6, 6.07) is 20.0. The molecule has 1 unspecified atom stereocenters. The molecule has 236 valence electrons. The molecule has 2 saturated heterocycles. The van der Waals surface area contributed by atoms with E-state index >= 15 is 0 Å². The van der Waals surface area contributed by atoms with Crippen molar-refractivity contribution in [3.05, 3.63) is 89.1 Å². The maximum absolute atomic E-state index is 14.6. The number of urea groups is 1. The zero-order chi connectivity index (χ0) is 31.7. The van der Waals surface area contributed by atoms with Crippen molar-refractivity contribution in [2.75, 3.05) is 76.2 Å². The third-order valence-electron chi connectivity index (χ3n) is 8.98. The Morgan fingerprint density at radius 2 is 1.62 bits per heavy atom. The van der Waals surface area contributed by atoms with E-state index in [9.17, 15) is 4.79 Å². The minimum atomic E-state index is -0.420. The number of nitrogens with one attached hydrogen (secondary N) is 1. The average molecular weight is 610 g/mol. The summed E-state index contributed by atoms with van der Waals surface area (Å²) in [5, 5.41) is 3.50. The first-order valence-corrected chi connectivity index (χ1v) is 15.4. The number of carbonyl (C=O) groups excluding carboxylic acids is 1. The second-order valence-corrected chi connectivity index (χ2v) is 12.1. The van der Waals surface area contributed by atoms with Crippen molar-refractivity contribution in [3.8, 4) is 11.5 Å². The van der Waals surface area contributed by atoms with Gasteiger partial charge in [-0.25, -0.2) is 9.79 Å². The number of anilines is 3. The third kappa shape index (κ3) is 6.08. The number of rotatable bonds is 7. The second-order valence-electron chi connectivity index (χ2n) is 12.1. The van der Waals surface area contributed by atoms with E-state index in [1.165, 1.54) is 5.56 Å². The number of piperazine rings is 1. The van der Waals surface area contributed by atoms with E-state index in [2.05, 4.69) is 46.4 Å². The maximum Gasteiger partial charge on any atom is 0.331 e. The molecule has 0 radical (unpaired) electrons. The SMILES string of the molecule is COc1ccc(N2C(=O)N(c3c(C)cccc3C)CC3=CN=C(Nc4ccc(CN5CCN(C)CC5)cc4)N(C)C32)c(OC)c1. The molecule has 2 amide bonds. The molecule has 0 spiro atoms. The summed E-state index contributed by atoms with van der Waals surface area (Å²) in [6.45, 7) is 9.83. The number of amides is 2. The van der Waals surface area contributed by atoms with Crippen molar-refractivity contribution in [2.24, 2.45) is 4.99 Å². The molecule has 0 bridgehead atoms. The first kappa shape index (κ1) is 30.5. The van der Waals surface area contributed by atoms with E-state index in [-0.39, 0.29) is 6.03 Å². The Hall–Kier alpha value is -4.54. The predicted octanol–water partition coefficient (Wildman–Crippen LogP) is 5.14. The molecule has 0 aliphatic carbocycles. The van der Waals surface area contributed by atoms with Gasteiger partial charge in [-0.3, -0.25) is 14.7 Å². The number of para-hydroxylation sites is 1. The van der Waals surface area contributed by atoms with Crippen molar-refractivity contribution in [3.63, 3.8) is 0 Å². The fraction of sp³-hybridized carbons (Fsp3) is 0.371. The highest BCUT2D eigenvalue weighted by molar-refractivity contribution is 6.09. The molecular weight excluding hydrogens is 566 g/mol. The number of hydrogen-bond acceptors (Lipinski definition) is 8. The van der Waals surface area contributed by atoms with E-state index < -0.39 is 6.17 Å². The monoisotopic (exact) mass is 609 g/mol. The lowest BCUT2D eigenvalue weighted by Crippen LogP contribution is -2.64. The number of nitrogens with zero attached hydrogens (tertiary/aromatic N) is 6. The van der Waals surface area contributed by atoms with Gasteiger partial charge in [0.25, 0.3) is 0 Å². The number of aliphatic imine (C=N–C) groups is 1. The molecule has 3 aromatic rings. The maximum atomic E-state index is 14.6. The Balaban J connectivity index is 1.31. The van der Waals surface area contributed by atoms with Crippen LogP contribution < -0.4 is 24.6 Å². The van der Waals surface area contributed by atoms with Crippen LogP contribution in [0.5, 0.6) is 11.5 Å². The summed E-state index contributed by atoms with van der Waals surface area (Å²) in [5.41, 5.74) is 6.85. The normalized spacial score (nSPS) is 19.2. The molecular formula is C35H43N7O3. The lowest BCUT2D eigenvalue weighted by Gasteiger charge is -2.48. The molecule has 0 saturated carbocycles. The van der Waals surface area contributed by atoms with Gasteiger partial charge in [0, 0.05) is 63.3 Å². The summed E-state index contributed by atoms with van der Waals surface area (Å²) in [5.74, 6) is 1.85. The van der Waals surface area contributed by atoms with Gasteiger partial charge < -0.3 is 24.6 Å². The van der Waals surface area contributed by atoms with Gasteiger partial charge in [-0.1, -0.05) is 30.3 Å². The molecule has 1 atom stereocenters. The van der Waals surface area contributed by atoms with Gasteiger partial charge in [0.05, 0.1) is 32.1 Å². The van der Waals surface area contributed by atoms with E-state index in [1.807, 2.05) is 73.3 Å².